The van der Waals surface area contributed by atoms with E-state index in [0.29, 0.717) is 0 Å². The fourth-order valence-corrected chi connectivity index (χ4v) is 7.73. The van der Waals surface area contributed by atoms with Crippen LogP contribution < -0.4 is 4.90 Å². The van der Waals surface area contributed by atoms with Gasteiger partial charge in [0.15, 0.2) is 0 Å². The average molecular weight is 638 g/mol. The molecule has 1 aromatic heterocycles. The number of furan rings is 1. The Balaban J connectivity index is 1.07. The molecule has 0 unspecified atom stereocenters. The molecule has 0 radical (unpaired) electrons. The summed E-state index contributed by atoms with van der Waals surface area (Å²) < 4.78 is 6.38. The smallest absolute Gasteiger partial charge is 0.136 e. The Bertz CT molecular complexity index is 2850. The van der Waals surface area contributed by atoms with E-state index >= 15 is 0 Å². The van der Waals surface area contributed by atoms with Crippen molar-refractivity contribution in [3.8, 4) is 22.3 Å². The summed E-state index contributed by atoms with van der Waals surface area (Å²) in [5.41, 5.74) is 9.90. The fourth-order valence-electron chi connectivity index (χ4n) is 7.73. The van der Waals surface area contributed by atoms with Crippen molar-refractivity contribution in [3.63, 3.8) is 0 Å². The molecule has 10 aromatic rings. The van der Waals surface area contributed by atoms with Gasteiger partial charge in [0.25, 0.3) is 0 Å². The molecule has 0 aliphatic carbocycles. The van der Waals surface area contributed by atoms with E-state index in [1.807, 2.05) is 12.1 Å². The third kappa shape index (κ3) is 4.57. The molecular weight excluding hydrogens is 607 g/mol. The molecule has 50 heavy (non-hydrogen) atoms. The van der Waals surface area contributed by atoms with Gasteiger partial charge in [-0.05, 0) is 109 Å². The van der Waals surface area contributed by atoms with Crippen molar-refractivity contribution in [2.45, 2.75) is 0 Å². The molecule has 0 aliphatic rings. The molecule has 0 spiro atoms. The van der Waals surface area contributed by atoms with E-state index in [1.165, 1.54) is 48.8 Å². The summed E-state index contributed by atoms with van der Waals surface area (Å²) >= 11 is 0. The molecule has 0 saturated heterocycles. The highest BCUT2D eigenvalue weighted by Gasteiger charge is 2.17. The first-order chi connectivity index (χ1) is 24.8. The first kappa shape index (κ1) is 28.4. The standard InChI is InChI=1S/C48H31NO/c1-2-13-35(14-3-1)49(36-26-22-32(23-27-36)44-30-34-12-4-5-15-38(34)39-16-6-7-17-40(39)44)37-28-24-33(25-29-37)45-31-47-48(42-19-9-8-18-41(42)45)43-20-10-11-21-46(43)50-47/h1-31H. The zero-order valence-corrected chi connectivity index (χ0v) is 27.3. The quantitative estimate of drug-likeness (QED) is 0.175. The number of benzene rings is 9. The summed E-state index contributed by atoms with van der Waals surface area (Å²) in [5.74, 6) is 0. The van der Waals surface area contributed by atoms with Crippen LogP contribution in [0.15, 0.2) is 192 Å². The lowest BCUT2D eigenvalue weighted by molar-refractivity contribution is 0.669. The maximum Gasteiger partial charge on any atom is 0.136 e. The second-order valence-corrected chi connectivity index (χ2v) is 12.9. The van der Waals surface area contributed by atoms with Gasteiger partial charge < -0.3 is 9.32 Å². The largest absolute Gasteiger partial charge is 0.456 e. The Morgan fingerprint density at radius 1 is 0.320 bits per heavy atom. The highest BCUT2D eigenvalue weighted by molar-refractivity contribution is 6.22. The van der Waals surface area contributed by atoms with Crippen LogP contribution in [0, 0.1) is 0 Å². The monoisotopic (exact) mass is 637 g/mol. The second-order valence-electron chi connectivity index (χ2n) is 12.9. The van der Waals surface area contributed by atoms with E-state index in [2.05, 4.69) is 181 Å². The third-order valence-electron chi connectivity index (χ3n) is 10.0. The zero-order valence-electron chi connectivity index (χ0n) is 27.3. The Morgan fingerprint density at radius 3 is 1.48 bits per heavy atom. The summed E-state index contributed by atoms with van der Waals surface area (Å²) in [5, 5.41) is 9.84. The van der Waals surface area contributed by atoms with Gasteiger partial charge in [0.2, 0.25) is 0 Å². The SMILES string of the molecule is c1ccc(N(c2ccc(-c3cc4ccccc4c4ccccc34)cc2)c2ccc(-c3cc4oc5ccccc5c4c4ccccc34)cc2)cc1. The number of nitrogens with zero attached hydrogens (tertiary/aromatic N) is 1. The van der Waals surface area contributed by atoms with Crippen molar-refractivity contribution in [1.29, 1.82) is 0 Å². The topological polar surface area (TPSA) is 16.4 Å². The number of anilines is 3. The molecule has 0 N–H and O–H groups in total. The van der Waals surface area contributed by atoms with Gasteiger partial charge in [-0.3, -0.25) is 0 Å². The van der Waals surface area contributed by atoms with Crippen LogP contribution in [-0.4, -0.2) is 0 Å². The molecule has 0 bridgehead atoms. The predicted molar refractivity (Wildman–Crippen MR) is 212 cm³/mol. The molecule has 1 heterocycles. The minimum absolute atomic E-state index is 0.911. The van der Waals surface area contributed by atoms with Gasteiger partial charge in [0, 0.05) is 27.8 Å². The van der Waals surface area contributed by atoms with Crippen LogP contribution >= 0.6 is 0 Å². The lowest BCUT2D eigenvalue weighted by atomic mass is 9.93. The van der Waals surface area contributed by atoms with Crippen molar-refractivity contribution in [1.82, 2.24) is 0 Å². The van der Waals surface area contributed by atoms with Crippen LogP contribution in [0.25, 0.3) is 76.5 Å². The second kappa shape index (κ2) is 11.5. The van der Waals surface area contributed by atoms with Crippen molar-refractivity contribution in [2.75, 3.05) is 4.90 Å². The van der Waals surface area contributed by atoms with Crippen LogP contribution in [0.1, 0.15) is 0 Å². The van der Waals surface area contributed by atoms with E-state index in [1.54, 1.807) is 0 Å². The Labute approximate surface area is 290 Å². The van der Waals surface area contributed by atoms with E-state index < -0.39 is 0 Å². The molecular formula is C48H31NO. The summed E-state index contributed by atoms with van der Waals surface area (Å²) in [7, 11) is 0. The zero-order chi connectivity index (χ0) is 33.0. The average Bonchev–Trinajstić information content (AvgIpc) is 3.57. The molecule has 2 heteroatoms. The van der Waals surface area contributed by atoms with Crippen LogP contribution in [-0.2, 0) is 0 Å². The molecule has 0 atom stereocenters. The van der Waals surface area contributed by atoms with Gasteiger partial charge in [-0.15, -0.1) is 0 Å². The minimum atomic E-state index is 0.911. The van der Waals surface area contributed by atoms with E-state index in [4.69, 9.17) is 4.42 Å². The normalized spacial score (nSPS) is 11.6. The first-order valence-corrected chi connectivity index (χ1v) is 17.1. The van der Waals surface area contributed by atoms with Crippen molar-refractivity contribution in [2.24, 2.45) is 0 Å². The molecule has 0 fully saturated rings. The predicted octanol–water partition coefficient (Wildman–Crippen LogP) is 13.8. The summed E-state index contributed by atoms with van der Waals surface area (Å²) in [6.45, 7) is 0. The maximum atomic E-state index is 6.38. The molecule has 10 rings (SSSR count). The van der Waals surface area contributed by atoms with Crippen molar-refractivity contribution in [3.05, 3.63) is 188 Å². The summed E-state index contributed by atoms with van der Waals surface area (Å²) in [6.07, 6.45) is 0. The maximum absolute atomic E-state index is 6.38. The van der Waals surface area contributed by atoms with Gasteiger partial charge >= 0.3 is 0 Å². The number of fused-ring (bicyclic) bond motifs is 8. The molecule has 0 aliphatic heterocycles. The Hall–Kier alpha value is -6.64. The van der Waals surface area contributed by atoms with Gasteiger partial charge in [-0.1, -0.05) is 133 Å². The number of hydrogen-bond acceptors (Lipinski definition) is 2. The van der Waals surface area contributed by atoms with E-state index in [-0.39, 0.29) is 0 Å². The lowest BCUT2D eigenvalue weighted by Gasteiger charge is -2.26. The van der Waals surface area contributed by atoms with Crippen LogP contribution in [0.3, 0.4) is 0 Å². The third-order valence-corrected chi connectivity index (χ3v) is 10.0. The summed E-state index contributed by atoms with van der Waals surface area (Å²) in [4.78, 5) is 2.33. The molecule has 2 nitrogen and oxygen atoms in total. The van der Waals surface area contributed by atoms with Gasteiger partial charge in [0.1, 0.15) is 11.2 Å². The highest BCUT2D eigenvalue weighted by atomic mass is 16.3. The molecule has 0 saturated carbocycles. The minimum Gasteiger partial charge on any atom is -0.456 e. The van der Waals surface area contributed by atoms with E-state index in [0.717, 1.165) is 44.7 Å². The number of rotatable bonds is 5. The number of para-hydroxylation sites is 2. The highest BCUT2D eigenvalue weighted by Crippen LogP contribution is 2.42. The molecule has 234 valence electrons. The Kier molecular flexibility index (Phi) is 6.53. The molecule has 9 aromatic carbocycles. The van der Waals surface area contributed by atoms with Gasteiger partial charge in [-0.2, -0.15) is 0 Å². The lowest BCUT2D eigenvalue weighted by Crippen LogP contribution is -2.09. The first-order valence-electron chi connectivity index (χ1n) is 17.1. The van der Waals surface area contributed by atoms with Crippen LogP contribution in [0.4, 0.5) is 17.1 Å². The van der Waals surface area contributed by atoms with Gasteiger partial charge in [-0.25, -0.2) is 0 Å². The fraction of sp³-hybridized carbons (Fsp3) is 0. The number of hydrogen-bond donors (Lipinski definition) is 0. The van der Waals surface area contributed by atoms with Crippen molar-refractivity contribution < 1.29 is 4.42 Å². The summed E-state index contributed by atoms with van der Waals surface area (Å²) in [6, 6.07) is 67.4. The Morgan fingerprint density at radius 2 is 0.800 bits per heavy atom. The van der Waals surface area contributed by atoms with Gasteiger partial charge in [0.05, 0.1) is 0 Å². The van der Waals surface area contributed by atoms with E-state index in [9.17, 15) is 0 Å². The van der Waals surface area contributed by atoms with Crippen molar-refractivity contribution >= 4 is 71.3 Å². The van der Waals surface area contributed by atoms with Crippen LogP contribution in [0.2, 0.25) is 0 Å². The molecule has 0 amide bonds. The van der Waals surface area contributed by atoms with Crippen LogP contribution in [0.5, 0.6) is 0 Å².